The third-order valence-electron chi connectivity index (χ3n) is 2.23. The molecule has 0 radical (unpaired) electrons. The van der Waals surface area contributed by atoms with Gasteiger partial charge in [0.2, 0.25) is 0 Å². The summed E-state index contributed by atoms with van der Waals surface area (Å²) in [5.41, 5.74) is -2.73. The molecule has 0 aliphatic heterocycles. The van der Waals surface area contributed by atoms with Crippen molar-refractivity contribution in [1.29, 1.82) is 15.8 Å². The van der Waals surface area contributed by atoms with E-state index in [-0.39, 0.29) is 5.02 Å². The average Bonchev–Trinajstić information content (AvgIpc) is 2.40. The second-order valence-electron chi connectivity index (χ2n) is 3.49. The third-order valence-corrected chi connectivity index (χ3v) is 2.94. The largest absolute Gasteiger partial charge is 0.417 e. The minimum atomic E-state index is -4.72. The lowest BCUT2D eigenvalue weighted by Crippen LogP contribution is -2.09. The highest BCUT2D eigenvalue weighted by Gasteiger charge is 2.34. The Kier molecular flexibility index (Phi) is 5.05. The third kappa shape index (κ3) is 3.58. The van der Waals surface area contributed by atoms with Gasteiger partial charge in [0.05, 0.1) is 21.3 Å². The molecule has 1 aromatic carbocycles. The molecular weight excluding hydrogens is 328 g/mol. The Morgan fingerprint density at radius 2 is 1.62 bits per heavy atom. The Bertz CT molecular complexity index is 717. The Labute approximate surface area is 127 Å². The molecule has 0 fully saturated rings. The maximum absolute atomic E-state index is 12.7. The molecule has 0 aromatic heterocycles. The minimum Gasteiger partial charge on any atom is -0.343 e. The molecule has 1 aromatic rings. The highest BCUT2D eigenvalue weighted by molar-refractivity contribution is 6.39. The van der Waals surface area contributed by atoms with Crippen molar-refractivity contribution in [3.05, 3.63) is 39.0 Å². The van der Waals surface area contributed by atoms with Crippen molar-refractivity contribution in [2.45, 2.75) is 6.18 Å². The van der Waals surface area contributed by atoms with E-state index in [1.165, 1.54) is 18.2 Å². The van der Waals surface area contributed by atoms with E-state index in [4.69, 9.17) is 39.0 Å². The first-order valence-corrected chi connectivity index (χ1v) is 5.78. The highest BCUT2D eigenvalue weighted by Crippen LogP contribution is 2.41. The number of halogens is 5. The van der Waals surface area contributed by atoms with Gasteiger partial charge in [-0.25, -0.2) is 0 Å². The molecule has 0 saturated carbocycles. The van der Waals surface area contributed by atoms with E-state index in [1.807, 2.05) is 0 Å². The van der Waals surface area contributed by atoms with Gasteiger partial charge in [-0.15, -0.1) is 0 Å². The quantitative estimate of drug-likeness (QED) is 0.821. The topological polar surface area (TPSA) is 83.4 Å². The minimum absolute atomic E-state index is 0.198. The van der Waals surface area contributed by atoms with Gasteiger partial charge < -0.3 is 5.32 Å². The molecule has 0 heterocycles. The fourth-order valence-corrected chi connectivity index (χ4v) is 1.87. The van der Waals surface area contributed by atoms with Crippen LogP contribution in [-0.4, -0.2) is 0 Å². The number of hydrogen-bond donors (Lipinski definition) is 1. The summed E-state index contributed by atoms with van der Waals surface area (Å²) in [6.07, 6.45) is -4.72. The molecule has 106 valence electrons. The predicted molar refractivity (Wildman–Crippen MR) is 69.0 cm³/mol. The zero-order chi connectivity index (χ0) is 16.2. The van der Waals surface area contributed by atoms with Crippen LogP contribution in [0.3, 0.4) is 0 Å². The number of allylic oxidation sites excluding steroid dienone is 2. The Morgan fingerprint density at radius 3 is 2.05 bits per heavy atom. The standard InChI is InChI=1S/C12H3Cl2F3N4/c13-8-2-1-7(12(15,16)17)10(14)11(8)21-9(5-20)6(3-18)4-19/h1-2,21H. The molecular formula is C12H3Cl2F3N4. The van der Waals surface area contributed by atoms with E-state index >= 15 is 0 Å². The second kappa shape index (κ2) is 6.37. The SMILES string of the molecule is N#CC(C#N)=C(C#N)Nc1c(Cl)ccc(C(F)(F)F)c1Cl. The van der Waals surface area contributed by atoms with Gasteiger partial charge in [0.15, 0.2) is 5.57 Å². The molecule has 0 atom stereocenters. The van der Waals surface area contributed by atoms with Crippen molar-refractivity contribution in [1.82, 2.24) is 0 Å². The lowest BCUT2D eigenvalue weighted by Gasteiger charge is -2.14. The van der Waals surface area contributed by atoms with Gasteiger partial charge in [0.25, 0.3) is 0 Å². The highest BCUT2D eigenvalue weighted by atomic mass is 35.5. The Balaban J connectivity index is 3.48. The maximum atomic E-state index is 12.7. The lowest BCUT2D eigenvalue weighted by atomic mass is 10.1. The van der Waals surface area contributed by atoms with Crippen molar-refractivity contribution < 1.29 is 13.2 Å². The normalized spacial score (nSPS) is 10.0. The molecule has 0 aliphatic rings. The fourth-order valence-electron chi connectivity index (χ4n) is 1.29. The van der Waals surface area contributed by atoms with Gasteiger partial charge in [-0.05, 0) is 12.1 Å². The first-order valence-electron chi connectivity index (χ1n) is 5.03. The summed E-state index contributed by atoms with van der Waals surface area (Å²) in [5.74, 6) is 0. The van der Waals surface area contributed by atoms with Gasteiger partial charge in [0, 0.05) is 0 Å². The number of nitrogens with zero attached hydrogens (tertiary/aromatic N) is 3. The molecule has 0 bridgehead atoms. The fraction of sp³-hybridized carbons (Fsp3) is 0.0833. The van der Waals surface area contributed by atoms with Crippen molar-refractivity contribution in [2.75, 3.05) is 5.32 Å². The van der Waals surface area contributed by atoms with E-state index in [0.29, 0.717) is 6.07 Å². The van der Waals surface area contributed by atoms with Crippen molar-refractivity contribution in [2.24, 2.45) is 0 Å². The van der Waals surface area contributed by atoms with Crippen LogP contribution in [0.5, 0.6) is 0 Å². The summed E-state index contributed by atoms with van der Waals surface area (Å²) in [4.78, 5) is 0. The summed E-state index contributed by atoms with van der Waals surface area (Å²) >= 11 is 11.4. The monoisotopic (exact) mass is 330 g/mol. The number of benzene rings is 1. The maximum Gasteiger partial charge on any atom is 0.417 e. The summed E-state index contributed by atoms with van der Waals surface area (Å²) in [5, 5.41) is 27.4. The molecule has 1 N–H and O–H groups in total. The van der Waals surface area contributed by atoms with Crippen LogP contribution >= 0.6 is 23.2 Å². The molecule has 9 heteroatoms. The summed E-state index contributed by atoms with van der Waals surface area (Å²) in [6, 6.07) is 5.97. The number of nitriles is 3. The summed E-state index contributed by atoms with van der Waals surface area (Å²) in [7, 11) is 0. The van der Waals surface area contributed by atoms with Crippen LogP contribution in [0.1, 0.15) is 5.56 Å². The first-order chi connectivity index (χ1) is 9.76. The van der Waals surface area contributed by atoms with Crippen molar-refractivity contribution >= 4 is 28.9 Å². The summed E-state index contributed by atoms with van der Waals surface area (Å²) < 4.78 is 38.2. The van der Waals surface area contributed by atoms with Gasteiger partial charge in [-0.2, -0.15) is 29.0 Å². The van der Waals surface area contributed by atoms with Gasteiger partial charge in [0.1, 0.15) is 23.9 Å². The zero-order valence-electron chi connectivity index (χ0n) is 9.89. The number of rotatable bonds is 2. The van der Waals surface area contributed by atoms with Crippen LogP contribution < -0.4 is 5.32 Å². The van der Waals surface area contributed by atoms with Gasteiger partial charge in [-0.3, -0.25) is 0 Å². The Morgan fingerprint density at radius 1 is 1.05 bits per heavy atom. The number of hydrogen-bond acceptors (Lipinski definition) is 4. The molecule has 0 aliphatic carbocycles. The molecule has 0 spiro atoms. The van der Waals surface area contributed by atoms with Crippen LogP contribution in [0.25, 0.3) is 0 Å². The van der Waals surface area contributed by atoms with Gasteiger partial charge in [-0.1, -0.05) is 23.2 Å². The number of alkyl halides is 3. The van der Waals surface area contributed by atoms with Gasteiger partial charge >= 0.3 is 6.18 Å². The van der Waals surface area contributed by atoms with Crippen LogP contribution in [-0.2, 0) is 6.18 Å². The van der Waals surface area contributed by atoms with Crippen LogP contribution in [0.2, 0.25) is 10.0 Å². The van der Waals surface area contributed by atoms with Crippen molar-refractivity contribution in [3.63, 3.8) is 0 Å². The second-order valence-corrected chi connectivity index (χ2v) is 4.28. The molecule has 0 saturated heterocycles. The molecule has 4 nitrogen and oxygen atoms in total. The predicted octanol–water partition coefficient (Wildman–Crippen LogP) is 4.25. The smallest absolute Gasteiger partial charge is 0.343 e. The first kappa shape index (κ1) is 16.7. The van der Waals surface area contributed by atoms with E-state index in [0.717, 1.165) is 6.07 Å². The molecule has 21 heavy (non-hydrogen) atoms. The van der Waals surface area contributed by atoms with E-state index in [2.05, 4.69) is 5.32 Å². The van der Waals surface area contributed by atoms with E-state index in [1.54, 1.807) is 0 Å². The molecule has 0 amide bonds. The molecule has 0 unspecified atom stereocenters. The zero-order valence-corrected chi connectivity index (χ0v) is 11.4. The van der Waals surface area contributed by atoms with Crippen LogP contribution in [0.15, 0.2) is 23.4 Å². The average molecular weight is 331 g/mol. The lowest BCUT2D eigenvalue weighted by molar-refractivity contribution is -0.137. The summed E-state index contributed by atoms with van der Waals surface area (Å²) in [6.45, 7) is 0. The van der Waals surface area contributed by atoms with Crippen LogP contribution in [0, 0.1) is 34.0 Å². The number of nitrogens with one attached hydrogen (secondary N) is 1. The van der Waals surface area contributed by atoms with Crippen LogP contribution in [0.4, 0.5) is 18.9 Å². The van der Waals surface area contributed by atoms with E-state index in [9.17, 15) is 13.2 Å². The molecule has 1 rings (SSSR count). The van der Waals surface area contributed by atoms with E-state index < -0.39 is 33.7 Å². The van der Waals surface area contributed by atoms with Crippen molar-refractivity contribution in [3.8, 4) is 18.2 Å². The Hall–Kier alpha value is -2.40. The number of anilines is 1.